The molecule has 3 heteroatoms. The van der Waals surface area contributed by atoms with Crippen molar-refractivity contribution in [3.8, 4) is 0 Å². The van der Waals surface area contributed by atoms with Crippen molar-refractivity contribution in [2.24, 2.45) is 0 Å². The summed E-state index contributed by atoms with van der Waals surface area (Å²) in [5.74, 6) is 0. The van der Waals surface area contributed by atoms with Gasteiger partial charge in [-0.1, -0.05) is 30.7 Å². The normalized spacial score (nSPS) is 18.4. The number of piperidine rings is 1. The molecule has 0 saturated carbocycles. The molecule has 1 aliphatic heterocycles. The van der Waals surface area contributed by atoms with Crippen molar-refractivity contribution in [2.45, 2.75) is 51.2 Å². The number of rotatable bonds is 7. The zero-order chi connectivity index (χ0) is 16.0. The van der Waals surface area contributed by atoms with Crippen LogP contribution in [0.1, 0.15) is 44.2 Å². The third-order valence-electron chi connectivity index (χ3n) is 4.87. The molecular formula is C19H31NO2. The van der Waals surface area contributed by atoms with E-state index in [4.69, 9.17) is 9.47 Å². The van der Waals surface area contributed by atoms with Crippen LogP contribution >= 0.6 is 0 Å². The maximum absolute atomic E-state index is 5.71. The molecule has 1 fully saturated rings. The van der Waals surface area contributed by atoms with Crippen LogP contribution < -0.4 is 0 Å². The number of benzene rings is 1. The molecule has 1 aromatic rings. The zero-order valence-corrected chi connectivity index (χ0v) is 14.6. The van der Waals surface area contributed by atoms with E-state index >= 15 is 0 Å². The quantitative estimate of drug-likeness (QED) is 0.768. The Morgan fingerprint density at radius 1 is 1.05 bits per heavy atom. The second kappa shape index (κ2) is 8.09. The van der Waals surface area contributed by atoms with E-state index in [0.717, 1.165) is 13.0 Å². The minimum atomic E-state index is -0.229. The lowest BCUT2D eigenvalue weighted by Gasteiger charge is -2.30. The molecule has 1 heterocycles. The van der Waals surface area contributed by atoms with E-state index in [1.54, 1.807) is 7.11 Å². The van der Waals surface area contributed by atoms with Crippen molar-refractivity contribution in [3.63, 3.8) is 0 Å². The molecule has 22 heavy (non-hydrogen) atoms. The molecular weight excluding hydrogens is 274 g/mol. The Kier molecular flexibility index (Phi) is 6.42. The van der Waals surface area contributed by atoms with Crippen LogP contribution in [-0.4, -0.2) is 44.9 Å². The van der Waals surface area contributed by atoms with Crippen LogP contribution in [-0.2, 0) is 21.5 Å². The van der Waals surface area contributed by atoms with Crippen molar-refractivity contribution in [1.82, 2.24) is 4.90 Å². The van der Waals surface area contributed by atoms with Gasteiger partial charge in [-0.2, -0.15) is 0 Å². The Hall–Kier alpha value is -0.900. The number of nitrogens with zero attached hydrogens (tertiary/aromatic N) is 1. The van der Waals surface area contributed by atoms with E-state index in [9.17, 15) is 0 Å². The fourth-order valence-electron chi connectivity index (χ4n) is 3.08. The first kappa shape index (κ1) is 17.5. The Balaban J connectivity index is 1.93. The summed E-state index contributed by atoms with van der Waals surface area (Å²) in [4.78, 5) is 2.54. The maximum Gasteiger partial charge on any atom is 0.0871 e. The van der Waals surface area contributed by atoms with Gasteiger partial charge in [-0.05, 0) is 57.3 Å². The number of ether oxygens (including phenoxy) is 2. The molecule has 1 aliphatic rings. The standard InChI is InChI=1S/C19H31NO2/c1-19(2,22-4)17-10-8-16(9-11-17)14-18(21-3)15-20-12-6-5-7-13-20/h8-11,18H,5-7,12-15H2,1-4H3. The molecule has 1 aromatic carbocycles. The first-order chi connectivity index (χ1) is 10.5. The smallest absolute Gasteiger partial charge is 0.0871 e. The monoisotopic (exact) mass is 305 g/mol. The molecule has 0 radical (unpaired) electrons. The van der Waals surface area contributed by atoms with Crippen molar-refractivity contribution >= 4 is 0 Å². The summed E-state index contributed by atoms with van der Waals surface area (Å²) < 4.78 is 11.2. The Labute approximate surface area is 135 Å². The summed E-state index contributed by atoms with van der Waals surface area (Å²) >= 11 is 0. The minimum Gasteiger partial charge on any atom is -0.380 e. The highest BCUT2D eigenvalue weighted by atomic mass is 16.5. The van der Waals surface area contributed by atoms with E-state index in [1.807, 2.05) is 7.11 Å². The van der Waals surface area contributed by atoms with Crippen LogP contribution in [0.2, 0.25) is 0 Å². The molecule has 0 aliphatic carbocycles. The van der Waals surface area contributed by atoms with Gasteiger partial charge in [0.2, 0.25) is 0 Å². The highest BCUT2D eigenvalue weighted by Gasteiger charge is 2.20. The molecule has 0 N–H and O–H groups in total. The van der Waals surface area contributed by atoms with E-state index < -0.39 is 0 Å². The molecule has 0 spiro atoms. The van der Waals surface area contributed by atoms with Gasteiger partial charge in [-0.25, -0.2) is 0 Å². The van der Waals surface area contributed by atoms with Gasteiger partial charge in [0, 0.05) is 20.8 Å². The predicted molar refractivity (Wildman–Crippen MR) is 91.3 cm³/mol. The van der Waals surface area contributed by atoms with Crippen LogP contribution in [0.3, 0.4) is 0 Å². The third-order valence-corrected chi connectivity index (χ3v) is 4.87. The summed E-state index contributed by atoms with van der Waals surface area (Å²) in [6.45, 7) is 7.68. The largest absolute Gasteiger partial charge is 0.380 e. The van der Waals surface area contributed by atoms with Gasteiger partial charge in [0.05, 0.1) is 11.7 Å². The third kappa shape index (κ3) is 4.80. The lowest BCUT2D eigenvalue weighted by Crippen LogP contribution is -2.38. The van der Waals surface area contributed by atoms with E-state index in [-0.39, 0.29) is 11.7 Å². The van der Waals surface area contributed by atoms with E-state index in [0.29, 0.717) is 0 Å². The van der Waals surface area contributed by atoms with Crippen molar-refractivity contribution in [1.29, 1.82) is 0 Å². The van der Waals surface area contributed by atoms with E-state index in [1.165, 1.54) is 43.5 Å². The van der Waals surface area contributed by atoms with Crippen LogP contribution in [0.15, 0.2) is 24.3 Å². The van der Waals surface area contributed by atoms with Crippen LogP contribution in [0.25, 0.3) is 0 Å². The molecule has 0 bridgehead atoms. The minimum absolute atomic E-state index is 0.229. The molecule has 0 aromatic heterocycles. The lowest BCUT2D eigenvalue weighted by atomic mass is 9.95. The highest BCUT2D eigenvalue weighted by Crippen LogP contribution is 2.24. The van der Waals surface area contributed by atoms with Gasteiger partial charge in [-0.15, -0.1) is 0 Å². The van der Waals surface area contributed by atoms with Gasteiger partial charge in [0.15, 0.2) is 0 Å². The van der Waals surface area contributed by atoms with Gasteiger partial charge >= 0.3 is 0 Å². The van der Waals surface area contributed by atoms with Crippen molar-refractivity contribution < 1.29 is 9.47 Å². The molecule has 1 atom stereocenters. The number of hydrogen-bond donors (Lipinski definition) is 0. The Morgan fingerprint density at radius 2 is 1.68 bits per heavy atom. The van der Waals surface area contributed by atoms with Crippen molar-refractivity contribution in [2.75, 3.05) is 33.9 Å². The zero-order valence-electron chi connectivity index (χ0n) is 14.6. The summed E-state index contributed by atoms with van der Waals surface area (Å²) in [6.07, 6.45) is 5.29. The SMILES string of the molecule is COC(Cc1ccc(C(C)(C)OC)cc1)CN1CCCCC1. The Bertz CT molecular complexity index is 435. The molecule has 1 unspecified atom stereocenters. The average Bonchev–Trinajstić information content (AvgIpc) is 2.55. The second-order valence-corrected chi connectivity index (χ2v) is 6.83. The van der Waals surface area contributed by atoms with E-state index in [2.05, 4.69) is 43.0 Å². The maximum atomic E-state index is 5.71. The van der Waals surface area contributed by atoms with Gasteiger partial charge in [0.25, 0.3) is 0 Å². The van der Waals surface area contributed by atoms with Crippen LogP contribution in [0.4, 0.5) is 0 Å². The fourth-order valence-corrected chi connectivity index (χ4v) is 3.08. The first-order valence-electron chi connectivity index (χ1n) is 8.45. The van der Waals surface area contributed by atoms with Gasteiger partial charge in [-0.3, -0.25) is 0 Å². The Morgan fingerprint density at radius 3 is 2.23 bits per heavy atom. The highest BCUT2D eigenvalue weighted by molar-refractivity contribution is 5.27. The van der Waals surface area contributed by atoms with Crippen LogP contribution in [0, 0.1) is 0 Å². The van der Waals surface area contributed by atoms with Gasteiger partial charge < -0.3 is 14.4 Å². The summed E-state index contributed by atoms with van der Waals surface area (Å²) in [5, 5.41) is 0. The first-order valence-corrected chi connectivity index (χ1v) is 8.45. The molecule has 0 amide bonds. The van der Waals surface area contributed by atoms with Crippen LogP contribution in [0.5, 0.6) is 0 Å². The predicted octanol–water partition coefficient (Wildman–Crippen LogP) is 3.61. The number of hydrogen-bond acceptors (Lipinski definition) is 3. The van der Waals surface area contributed by atoms with Crippen molar-refractivity contribution in [3.05, 3.63) is 35.4 Å². The average molecular weight is 305 g/mol. The number of methoxy groups -OCH3 is 2. The molecule has 2 rings (SSSR count). The number of likely N-dealkylation sites (tertiary alicyclic amines) is 1. The molecule has 124 valence electrons. The second-order valence-electron chi connectivity index (χ2n) is 6.83. The molecule has 3 nitrogen and oxygen atoms in total. The lowest BCUT2D eigenvalue weighted by molar-refractivity contribution is 0.0192. The summed E-state index contributed by atoms with van der Waals surface area (Å²) in [5.41, 5.74) is 2.32. The summed E-state index contributed by atoms with van der Waals surface area (Å²) in [7, 11) is 3.59. The topological polar surface area (TPSA) is 21.7 Å². The molecule has 1 saturated heterocycles. The fraction of sp³-hybridized carbons (Fsp3) is 0.684. The summed E-state index contributed by atoms with van der Waals surface area (Å²) in [6, 6.07) is 8.76. The van der Waals surface area contributed by atoms with Gasteiger partial charge in [0.1, 0.15) is 0 Å².